The largest absolute Gasteiger partial charge is 0.394 e. The van der Waals surface area contributed by atoms with Crippen LogP contribution in [0.4, 0.5) is 10.1 Å². The fourth-order valence-electron chi connectivity index (χ4n) is 6.18. The van der Waals surface area contributed by atoms with E-state index in [-0.39, 0.29) is 53.2 Å². The molecule has 2 N–H and O–H groups in total. The molecule has 0 bridgehead atoms. The molecule has 5 rings (SSSR count). The lowest BCUT2D eigenvalue weighted by Gasteiger charge is -2.36. The number of carbonyl (C=O) groups is 3. The van der Waals surface area contributed by atoms with E-state index in [1.807, 2.05) is 36.1 Å². The summed E-state index contributed by atoms with van der Waals surface area (Å²) >= 11 is 6.16. The molecule has 2 heterocycles. The Labute approximate surface area is 291 Å². The van der Waals surface area contributed by atoms with Gasteiger partial charge < -0.3 is 20.2 Å². The number of anilines is 1. The lowest BCUT2D eigenvalue weighted by Crippen LogP contribution is -2.46. The van der Waals surface area contributed by atoms with Crippen molar-refractivity contribution < 1.29 is 23.9 Å². The molecule has 0 saturated carbocycles. The molecule has 0 fully saturated rings. The molecule has 49 heavy (non-hydrogen) atoms. The number of rotatable bonds is 13. The Hall–Kier alpha value is -4.54. The number of nitrogens with zero attached hydrogens (tertiary/aromatic N) is 4. The molecule has 11 heteroatoms. The van der Waals surface area contributed by atoms with Crippen LogP contribution in [0.1, 0.15) is 82.8 Å². The van der Waals surface area contributed by atoms with Crippen LogP contribution in [0.2, 0.25) is 5.02 Å². The van der Waals surface area contributed by atoms with Crippen LogP contribution in [0.15, 0.2) is 66.7 Å². The maximum Gasteiger partial charge on any atom is 0.274 e. The van der Waals surface area contributed by atoms with Crippen molar-refractivity contribution in [2.75, 3.05) is 25.0 Å². The van der Waals surface area contributed by atoms with Gasteiger partial charge in [0.1, 0.15) is 5.82 Å². The summed E-state index contributed by atoms with van der Waals surface area (Å²) in [5, 5.41) is 18.0. The summed E-state index contributed by atoms with van der Waals surface area (Å²) in [5.74, 6) is -1.63. The number of carbonyl (C=O) groups excluding carboxylic acids is 3. The Kier molecular flexibility index (Phi) is 11.9. The van der Waals surface area contributed by atoms with Gasteiger partial charge >= 0.3 is 0 Å². The second-order valence-electron chi connectivity index (χ2n) is 12.5. The molecule has 0 aliphatic carbocycles. The van der Waals surface area contributed by atoms with Gasteiger partial charge in [0.15, 0.2) is 5.69 Å². The van der Waals surface area contributed by atoms with Gasteiger partial charge in [-0.1, -0.05) is 68.6 Å². The van der Waals surface area contributed by atoms with Crippen molar-refractivity contribution in [2.24, 2.45) is 0 Å². The zero-order chi connectivity index (χ0) is 35.1. The third-order valence-corrected chi connectivity index (χ3v) is 9.28. The van der Waals surface area contributed by atoms with Crippen LogP contribution in [0.5, 0.6) is 0 Å². The minimum Gasteiger partial charge on any atom is -0.394 e. The second-order valence-corrected chi connectivity index (χ2v) is 12.9. The van der Waals surface area contributed by atoms with E-state index in [1.165, 1.54) is 18.2 Å². The second kappa shape index (κ2) is 16.2. The molecule has 0 radical (unpaired) electrons. The maximum atomic E-state index is 14.5. The maximum absolute atomic E-state index is 14.5. The molecule has 4 aromatic rings. The van der Waals surface area contributed by atoms with Gasteiger partial charge in [-0.05, 0) is 73.7 Å². The summed E-state index contributed by atoms with van der Waals surface area (Å²) in [6, 6.07) is 18.2. The molecule has 1 aliphatic heterocycles. The number of benzene rings is 3. The molecule has 0 spiro atoms. The molecule has 9 nitrogen and oxygen atoms in total. The fraction of sp³-hybridized carbons (Fsp3) is 0.368. The first-order valence-electron chi connectivity index (χ1n) is 16.9. The highest BCUT2D eigenvalue weighted by atomic mass is 35.5. The molecular formula is C38H43ClFN5O4. The predicted molar refractivity (Wildman–Crippen MR) is 189 cm³/mol. The van der Waals surface area contributed by atoms with E-state index in [0.717, 1.165) is 36.8 Å². The summed E-state index contributed by atoms with van der Waals surface area (Å²) in [6.45, 7) is 7.31. The molecule has 258 valence electrons. The average Bonchev–Trinajstić information content (AvgIpc) is 3.49. The summed E-state index contributed by atoms with van der Waals surface area (Å²) in [5.41, 5.74) is 4.01. The number of hydrogen-bond donors (Lipinski definition) is 2. The Bertz CT molecular complexity index is 1800. The zero-order valence-corrected chi connectivity index (χ0v) is 29.0. The number of aromatic nitrogens is 2. The van der Waals surface area contributed by atoms with Gasteiger partial charge in [0.2, 0.25) is 5.91 Å². The van der Waals surface area contributed by atoms with E-state index in [9.17, 15) is 23.9 Å². The normalized spacial score (nSPS) is 14.0. The highest BCUT2D eigenvalue weighted by Gasteiger charge is 2.32. The van der Waals surface area contributed by atoms with Crippen molar-refractivity contribution >= 4 is 35.0 Å². The van der Waals surface area contributed by atoms with Crippen LogP contribution >= 0.6 is 11.6 Å². The van der Waals surface area contributed by atoms with Gasteiger partial charge in [0.05, 0.1) is 30.3 Å². The molecule has 3 aromatic carbocycles. The number of aliphatic hydroxyl groups excluding tert-OH is 1. The third-order valence-electron chi connectivity index (χ3n) is 8.92. The summed E-state index contributed by atoms with van der Waals surface area (Å²) in [7, 11) is 0. The first-order chi connectivity index (χ1) is 23.6. The molecule has 1 aromatic heterocycles. The number of amides is 3. The fourth-order valence-corrected chi connectivity index (χ4v) is 6.41. The first kappa shape index (κ1) is 35.8. The monoisotopic (exact) mass is 687 g/mol. The van der Waals surface area contributed by atoms with Gasteiger partial charge in [0.25, 0.3) is 11.8 Å². The molecule has 0 unspecified atom stereocenters. The smallest absolute Gasteiger partial charge is 0.274 e. The minimum atomic E-state index is -0.586. The lowest BCUT2D eigenvalue weighted by molar-refractivity contribution is -0.115. The van der Waals surface area contributed by atoms with Gasteiger partial charge in [0, 0.05) is 41.6 Å². The number of aryl methyl sites for hydroxylation is 1. The van der Waals surface area contributed by atoms with Crippen molar-refractivity contribution in [1.29, 1.82) is 0 Å². The number of nitrogens with one attached hydrogen (secondary N) is 1. The Morgan fingerprint density at radius 3 is 2.39 bits per heavy atom. The first-order valence-corrected chi connectivity index (χ1v) is 17.2. The number of aliphatic hydroxyl groups is 1. The quantitative estimate of drug-likeness (QED) is 0.162. The van der Waals surface area contributed by atoms with E-state index in [2.05, 4.69) is 19.2 Å². The van der Waals surface area contributed by atoms with Crippen LogP contribution in [0, 0.1) is 12.7 Å². The summed E-state index contributed by atoms with van der Waals surface area (Å²) in [6.07, 6.45) is 3.87. The van der Waals surface area contributed by atoms with Crippen LogP contribution in [-0.2, 0) is 24.2 Å². The Balaban J connectivity index is 1.52. The third kappa shape index (κ3) is 8.20. The molecule has 0 saturated heterocycles. The van der Waals surface area contributed by atoms with E-state index >= 15 is 0 Å². The van der Waals surface area contributed by atoms with Crippen molar-refractivity contribution in [1.82, 2.24) is 19.6 Å². The topological polar surface area (TPSA) is 108 Å². The Morgan fingerprint density at radius 2 is 1.71 bits per heavy atom. The number of halogens is 2. The lowest BCUT2D eigenvalue weighted by atomic mass is 9.93. The van der Waals surface area contributed by atoms with Crippen LogP contribution < -0.4 is 5.32 Å². The number of hydrogen-bond acceptors (Lipinski definition) is 5. The van der Waals surface area contributed by atoms with Gasteiger partial charge in [-0.25, -0.2) is 9.07 Å². The molecular weight excluding hydrogens is 645 g/mol. The van der Waals surface area contributed by atoms with E-state index in [4.69, 9.17) is 16.7 Å². The van der Waals surface area contributed by atoms with Gasteiger partial charge in [-0.2, -0.15) is 5.10 Å². The van der Waals surface area contributed by atoms with Crippen LogP contribution in [-0.4, -0.2) is 68.1 Å². The zero-order valence-electron chi connectivity index (χ0n) is 28.2. The summed E-state index contributed by atoms with van der Waals surface area (Å²) < 4.78 is 16.0. The average molecular weight is 688 g/mol. The number of unbranched alkanes of at least 4 members (excludes halogenated alkanes) is 2. The van der Waals surface area contributed by atoms with Crippen molar-refractivity contribution in [3.8, 4) is 5.69 Å². The number of fused-ring (bicyclic) bond motifs is 1. The molecule has 3 amide bonds. The summed E-state index contributed by atoms with van der Waals surface area (Å²) in [4.78, 5) is 44.7. The highest BCUT2D eigenvalue weighted by molar-refractivity contribution is 6.31. The SMILES string of the molecule is CCCCN(CCCC)C(=O)c1cc(C)n(-c2ccc(NC(=O)Cc3c(F)cccc3Cl)cc2C(=O)N2Cc3ccccc3C[C@H]2CO)n1. The molecule has 1 aliphatic rings. The predicted octanol–water partition coefficient (Wildman–Crippen LogP) is 6.76. The Morgan fingerprint density at radius 1 is 1.00 bits per heavy atom. The van der Waals surface area contributed by atoms with Crippen molar-refractivity contribution in [3.63, 3.8) is 0 Å². The van der Waals surface area contributed by atoms with Gasteiger partial charge in [-0.3, -0.25) is 14.4 Å². The molecule has 1 atom stereocenters. The van der Waals surface area contributed by atoms with Crippen LogP contribution in [0.3, 0.4) is 0 Å². The van der Waals surface area contributed by atoms with Crippen LogP contribution in [0.25, 0.3) is 5.69 Å². The van der Waals surface area contributed by atoms with E-state index in [1.54, 1.807) is 33.8 Å². The highest BCUT2D eigenvalue weighted by Crippen LogP contribution is 2.29. The van der Waals surface area contributed by atoms with Crippen molar-refractivity contribution in [3.05, 3.63) is 111 Å². The standard InChI is InChI=1S/C38H43ClFN5O4/c1-4-6-17-43(18-7-5-2)38(49)34-19-25(3)45(42-34)35-16-15-28(41-36(47)22-30-32(39)13-10-14-33(30)40)21-31(35)37(48)44-23-27-12-9-8-11-26(27)20-29(44)24-46/h8-16,19,21,29,46H,4-7,17-18,20,22-24H2,1-3H3,(H,41,47)/t29-/m0/s1. The van der Waals surface area contributed by atoms with E-state index < -0.39 is 17.8 Å². The van der Waals surface area contributed by atoms with Gasteiger partial charge in [-0.15, -0.1) is 0 Å². The van der Waals surface area contributed by atoms with Crippen molar-refractivity contribution in [2.45, 2.75) is 71.9 Å². The minimum absolute atomic E-state index is 0.0728. The van der Waals surface area contributed by atoms with E-state index in [0.29, 0.717) is 36.6 Å².